The second-order valence-corrected chi connectivity index (χ2v) is 9.25. The summed E-state index contributed by atoms with van der Waals surface area (Å²) in [7, 11) is 0. The lowest BCUT2D eigenvalue weighted by atomic mass is 9.61. The first-order chi connectivity index (χ1) is 15.3. The Balaban J connectivity index is 1.09. The molecule has 1 N–H and O–H groups in total. The van der Waals surface area contributed by atoms with E-state index in [-0.39, 0.29) is 6.10 Å². The van der Waals surface area contributed by atoms with Crippen LogP contribution >= 0.6 is 0 Å². The van der Waals surface area contributed by atoms with Gasteiger partial charge >= 0.3 is 0 Å². The molecular formula is C23H27F2N5O2. The van der Waals surface area contributed by atoms with E-state index in [9.17, 15) is 13.6 Å². The van der Waals surface area contributed by atoms with Crippen LogP contribution in [-0.2, 0) is 6.42 Å². The quantitative estimate of drug-likeness (QED) is 0.605. The third-order valence-electron chi connectivity index (χ3n) is 6.91. The number of alkyl halides is 2. The molecule has 9 heteroatoms. The van der Waals surface area contributed by atoms with Gasteiger partial charge in [0.05, 0.1) is 29.2 Å². The average molecular weight is 443 g/mol. The van der Waals surface area contributed by atoms with Crippen LogP contribution in [-0.4, -0.2) is 50.2 Å². The Hall–Kier alpha value is -2.81. The Kier molecular flexibility index (Phi) is 5.23. The largest absolute Gasteiger partial charge is 0.489 e. The van der Waals surface area contributed by atoms with E-state index in [1.165, 1.54) is 6.20 Å². The fourth-order valence-electron chi connectivity index (χ4n) is 5.40. The fraction of sp³-hybridized carbons (Fsp3) is 0.522. The molecule has 2 aliphatic rings. The smallest absolute Gasteiger partial charge is 0.273 e. The molecular weight excluding hydrogens is 416 g/mol. The molecule has 2 fully saturated rings. The molecule has 0 aromatic carbocycles. The number of ether oxygens (including phenoxy) is 1. The molecule has 0 amide bonds. The molecule has 0 atom stereocenters. The van der Waals surface area contributed by atoms with Gasteiger partial charge in [0.25, 0.3) is 12.0 Å². The van der Waals surface area contributed by atoms with Crippen LogP contribution in [0, 0.1) is 19.3 Å². The van der Waals surface area contributed by atoms with Gasteiger partial charge < -0.3 is 9.64 Å². The molecule has 1 aliphatic carbocycles. The third-order valence-corrected chi connectivity index (χ3v) is 6.91. The van der Waals surface area contributed by atoms with Gasteiger partial charge in [0.1, 0.15) is 17.7 Å². The minimum Gasteiger partial charge on any atom is -0.489 e. The van der Waals surface area contributed by atoms with Crippen molar-refractivity contribution in [3.63, 3.8) is 0 Å². The molecule has 1 saturated heterocycles. The highest BCUT2D eigenvalue weighted by atomic mass is 19.3. The summed E-state index contributed by atoms with van der Waals surface area (Å²) in [6.07, 6.45) is 3.90. The lowest BCUT2D eigenvalue weighted by molar-refractivity contribution is -0.119. The summed E-state index contributed by atoms with van der Waals surface area (Å²) in [4.78, 5) is 18.3. The summed E-state index contributed by atoms with van der Waals surface area (Å²) in [5, 5.41) is 5.76. The Labute approximate surface area is 184 Å². The minimum absolute atomic E-state index is 0.229. The number of hydrogen-bond acceptors (Lipinski definition) is 5. The molecule has 1 spiro atoms. The van der Waals surface area contributed by atoms with E-state index in [4.69, 9.17) is 4.74 Å². The monoisotopic (exact) mass is 443 g/mol. The zero-order valence-corrected chi connectivity index (χ0v) is 18.3. The van der Waals surface area contributed by atoms with Crippen LogP contribution in [0.1, 0.15) is 48.3 Å². The first-order valence-electron chi connectivity index (χ1n) is 11.0. The van der Waals surface area contributed by atoms with Crippen LogP contribution in [0.4, 0.5) is 8.78 Å². The number of imidazole rings is 1. The lowest BCUT2D eigenvalue weighted by Crippen LogP contribution is -2.64. The summed E-state index contributed by atoms with van der Waals surface area (Å²) < 4.78 is 34.7. The van der Waals surface area contributed by atoms with E-state index in [2.05, 4.69) is 31.4 Å². The Morgan fingerprint density at radius 1 is 1.25 bits per heavy atom. The van der Waals surface area contributed by atoms with Gasteiger partial charge in [-0.3, -0.25) is 9.20 Å². The molecule has 3 aromatic rings. The van der Waals surface area contributed by atoms with Crippen LogP contribution in [0.2, 0.25) is 0 Å². The molecule has 170 valence electrons. The summed E-state index contributed by atoms with van der Waals surface area (Å²) in [6.45, 7) is 6.91. The van der Waals surface area contributed by atoms with E-state index in [0.717, 1.165) is 61.7 Å². The lowest BCUT2D eigenvalue weighted by Gasteiger charge is -2.58. The maximum absolute atomic E-state index is 13.1. The summed E-state index contributed by atoms with van der Waals surface area (Å²) in [6, 6.07) is 4.07. The van der Waals surface area contributed by atoms with E-state index < -0.39 is 17.5 Å². The van der Waals surface area contributed by atoms with Crippen LogP contribution in [0.25, 0.3) is 5.52 Å². The van der Waals surface area contributed by atoms with Gasteiger partial charge in [0, 0.05) is 18.5 Å². The fourth-order valence-corrected chi connectivity index (χ4v) is 5.40. The van der Waals surface area contributed by atoms with Crippen molar-refractivity contribution in [2.75, 3.05) is 19.6 Å². The Morgan fingerprint density at radius 3 is 2.78 bits per heavy atom. The standard InChI is InChI=1S/C23H27F2N5O2/c1-14-19(6-5-17-11-26-15(2)30(14)17)32-18-8-23(9-18)12-29(13-23)7-3-4-16-10-27-28-22(31)20(16)21(24)25/h5-6,10-11,18,21H,3-4,7-9,12-13H2,1-2H3,(H,28,31). The number of aromatic nitrogens is 4. The summed E-state index contributed by atoms with van der Waals surface area (Å²) >= 11 is 0. The van der Waals surface area contributed by atoms with Crippen molar-refractivity contribution >= 4 is 5.52 Å². The number of nitrogens with zero attached hydrogens (tertiary/aromatic N) is 4. The summed E-state index contributed by atoms with van der Waals surface area (Å²) in [5.74, 6) is 1.87. The highest BCUT2D eigenvalue weighted by molar-refractivity contribution is 5.51. The SMILES string of the molecule is Cc1ncc2ccc(OC3CC4(C3)CN(CCCc3cn[nH]c(=O)c3C(F)F)C4)c(C)n12. The first-order valence-corrected chi connectivity index (χ1v) is 11.0. The van der Waals surface area contributed by atoms with E-state index in [1.54, 1.807) is 0 Å². The van der Waals surface area contributed by atoms with Gasteiger partial charge in [0.2, 0.25) is 0 Å². The molecule has 32 heavy (non-hydrogen) atoms. The average Bonchev–Trinajstić information content (AvgIpc) is 3.07. The zero-order valence-electron chi connectivity index (χ0n) is 18.3. The van der Waals surface area contributed by atoms with E-state index >= 15 is 0 Å². The molecule has 3 aromatic heterocycles. The normalized spacial score (nSPS) is 18.3. The third kappa shape index (κ3) is 3.68. The van der Waals surface area contributed by atoms with Crippen molar-refractivity contribution in [3.05, 3.63) is 57.5 Å². The molecule has 0 bridgehead atoms. The molecule has 5 rings (SSSR count). The maximum atomic E-state index is 13.1. The number of aromatic amines is 1. The van der Waals surface area contributed by atoms with Crippen molar-refractivity contribution in [3.8, 4) is 5.75 Å². The molecule has 0 unspecified atom stereocenters. The molecule has 4 heterocycles. The Bertz CT molecular complexity index is 1190. The molecule has 1 saturated carbocycles. The highest BCUT2D eigenvalue weighted by Gasteiger charge is 2.53. The van der Waals surface area contributed by atoms with E-state index in [1.807, 2.05) is 25.3 Å². The van der Waals surface area contributed by atoms with Crippen LogP contribution in [0.15, 0.2) is 29.3 Å². The molecule has 7 nitrogen and oxygen atoms in total. The number of pyridine rings is 1. The topological polar surface area (TPSA) is 75.5 Å². The van der Waals surface area contributed by atoms with Crippen LogP contribution in [0.3, 0.4) is 0 Å². The van der Waals surface area contributed by atoms with Crippen molar-refractivity contribution in [2.24, 2.45) is 5.41 Å². The number of aryl methyl sites for hydroxylation is 3. The van der Waals surface area contributed by atoms with Gasteiger partial charge in [-0.05, 0) is 63.8 Å². The predicted molar refractivity (Wildman–Crippen MR) is 115 cm³/mol. The summed E-state index contributed by atoms with van der Waals surface area (Å²) in [5.41, 5.74) is 1.58. The van der Waals surface area contributed by atoms with Crippen LogP contribution < -0.4 is 10.3 Å². The number of likely N-dealkylation sites (tertiary alicyclic amines) is 1. The van der Waals surface area contributed by atoms with Gasteiger partial charge in [-0.2, -0.15) is 5.10 Å². The second kappa shape index (κ2) is 7.95. The number of fused-ring (bicyclic) bond motifs is 1. The van der Waals surface area contributed by atoms with Gasteiger partial charge in [0.15, 0.2) is 0 Å². The second-order valence-electron chi connectivity index (χ2n) is 9.25. The number of H-pyrrole nitrogens is 1. The van der Waals surface area contributed by atoms with Gasteiger partial charge in [-0.25, -0.2) is 18.9 Å². The van der Waals surface area contributed by atoms with Crippen molar-refractivity contribution < 1.29 is 13.5 Å². The number of hydrogen-bond donors (Lipinski definition) is 1. The first kappa shape index (κ1) is 21.1. The Morgan fingerprint density at radius 2 is 2.03 bits per heavy atom. The minimum atomic E-state index is -2.78. The van der Waals surface area contributed by atoms with Crippen molar-refractivity contribution in [2.45, 2.75) is 52.1 Å². The van der Waals surface area contributed by atoms with Crippen LogP contribution in [0.5, 0.6) is 5.75 Å². The maximum Gasteiger partial charge on any atom is 0.273 e. The number of rotatable bonds is 7. The van der Waals surface area contributed by atoms with Gasteiger partial charge in [-0.1, -0.05) is 0 Å². The van der Waals surface area contributed by atoms with Crippen molar-refractivity contribution in [1.82, 2.24) is 24.5 Å². The number of nitrogens with one attached hydrogen (secondary N) is 1. The molecule has 1 aliphatic heterocycles. The zero-order chi connectivity index (χ0) is 22.5. The van der Waals surface area contributed by atoms with Gasteiger partial charge in [-0.15, -0.1) is 0 Å². The number of halogens is 2. The predicted octanol–water partition coefficient (Wildman–Crippen LogP) is 3.45. The molecule has 0 radical (unpaired) electrons. The van der Waals surface area contributed by atoms with Crippen molar-refractivity contribution in [1.29, 1.82) is 0 Å². The highest BCUT2D eigenvalue weighted by Crippen LogP contribution is 2.49. The van der Waals surface area contributed by atoms with E-state index in [0.29, 0.717) is 17.4 Å².